The van der Waals surface area contributed by atoms with E-state index < -0.39 is 0 Å². The van der Waals surface area contributed by atoms with Gasteiger partial charge in [-0.1, -0.05) is 33.1 Å². The van der Waals surface area contributed by atoms with E-state index in [1.54, 1.807) is 13.8 Å². The molecule has 6 heteroatoms. The van der Waals surface area contributed by atoms with Gasteiger partial charge in [-0.2, -0.15) is 0 Å². The Kier molecular flexibility index (Phi) is 10.7. The molecule has 0 aromatic carbocycles. The quantitative estimate of drug-likeness (QED) is 0.792. The zero-order valence-corrected chi connectivity index (χ0v) is 16.2. The maximum atomic E-state index is 12.0. The Morgan fingerprint density at radius 1 is 1.12 bits per heavy atom. The van der Waals surface area contributed by atoms with Gasteiger partial charge in [-0.15, -0.1) is 0 Å². The van der Waals surface area contributed by atoms with Crippen LogP contribution in [-0.2, 0) is 19.1 Å². The SMILES string of the molecule is CC(C)C(N)=O.CC(CC(=O)N1CCOCC1)OCC1CCCCC1. The second-order valence-electron chi connectivity index (χ2n) is 7.40. The van der Waals surface area contributed by atoms with Crippen LogP contribution >= 0.6 is 0 Å². The molecule has 1 aliphatic heterocycles. The van der Waals surface area contributed by atoms with E-state index in [9.17, 15) is 9.59 Å². The molecule has 0 aromatic rings. The van der Waals surface area contributed by atoms with Gasteiger partial charge in [-0.3, -0.25) is 9.59 Å². The first kappa shape index (κ1) is 21.9. The summed E-state index contributed by atoms with van der Waals surface area (Å²) in [5.41, 5.74) is 4.80. The van der Waals surface area contributed by atoms with Gasteiger partial charge in [0.25, 0.3) is 0 Å². The summed E-state index contributed by atoms with van der Waals surface area (Å²) in [5, 5.41) is 0. The van der Waals surface area contributed by atoms with Crippen molar-refractivity contribution in [2.45, 2.75) is 65.4 Å². The third kappa shape index (κ3) is 9.80. The Morgan fingerprint density at radius 2 is 1.68 bits per heavy atom. The van der Waals surface area contributed by atoms with Crippen molar-refractivity contribution in [1.29, 1.82) is 0 Å². The molecule has 25 heavy (non-hydrogen) atoms. The van der Waals surface area contributed by atoms with E-state index in [-0.39, 0.29) is 23.8 Å². The van der Waals surface area contributed by atoms with Gasteiger partial charge in [0.05, 0.1) is 25.7 Å². The van der Waals surface area contributed by atoms with Crippen molar-refractivity contribution in [1.82, 2.24) is 4.90 Å². The molecule has 2 fully saturated rings. The maximum Gasteiger partial charge on any atom is 0.225 e. The number of rotatable bonds is 6. The van der Waals surface area contributed by atoms with Crippen molar-refractivity contribution in [2.24, 2.45) is 17.6 Å². The highest BCUT2D eigenvalue weighted by atomic mass is 16.5. The van der Waals surface area contributed by atoms with Gasteiger partial charge < -0.3 is 20.1 Å². The molecule has 2 N–H and O–H groups in total. The van der Waals surface area contributed by atoms with Gasteiger partial charge in [0.15, 0.2) is 0 Å². The monoisotopic (exact) mass is 356 g/mol. The predicted octanol–water partition coefficient (Wildman–Crippen LogP) is 2.35. The van der Waals surface area contributed by atoms with Crippen molar-refractivity contribution >= 4 is 11.8 Å². The second kappa shape index (κ2) is 12.3. The van der Waals surface area contributed by atoms with Crippen molar-refractivity contribution in [2.75, 3.05) is 32.9 Å². The first-order valence-corrected chi connectivity index (χ1v) is 9.66. The predicted molar refractivity (Wildman–Crippen MR) is 98.0 cm³/mol. The molecule has 2 aliphatic rings. The summed E-state index contributed by atoms with van der Waals surface area (Å²) in [6.45, 7) is 9.18. The zero-order valence-electron chi connectivity index (χ0n) is 16.2. The number of nitrogens with two attached hydrogens (primary N) is 1. The minimum absolute atomic E-state index is 0.00926. The minimum atomic E-state index is -0.241. The van der Waals surface area contributed by atoms with Crippen LogP contribution in [0, 0.1) is 11.8 Å². The Labute approximate surface area is 152 Å². The van der Waals surface area contributed by atoms with E-state index in [4.69, 9.17) is 15.2 Å². The van der Waals surface area contributed by atoms with Crippen LogP contribution in [0.1, 0.15) is 59.3 Å². The summed E-state index contributed by atoms with van der Waals surface area (Å²) in [5.74, 6) is 0.675. The molecule has 1 heterocycles. The smallest absolute Gasteiger partial charge is 0.225 e. The van der Waals surface area contributed by atoms with Crippen LogP contribution in [0.4, 0.5) is 0 Å². The van der Waals surface area contributed by atoms with Gasteiger partial charge in [-0.05, 0) is 25.7 Å². The molecule has 0 spiro atoms. The second-order valence-corrected chi connectivity index (χ2v) is 7.40. The van der Waals surface area contributed by atoms with E-state index in [1.807, 2.05) is 11.8 Å². The summed E-state index contributed by atoms with van der Waals surface area (Å²) in [4.78, 5) is 23.9. The van der Waals surface area contributed by atoms with Crippen molar-refractivity contribution in [3.63, 3.8) is 0 Å². The zero-order chi connectivity index (χ0) is 18.7. The van der Waals surface area contributed by atoms with Crippen molar-refractivity contribution in [3.8, 4) is 0 Å². The fourth-order valence-electron chi connectivity index (χ4n) is 2.90. The van der Waals surface area contributed by atoms with Crippen molar-refractivity contribution < 1.29 is 19.1 Å². The van der Waals surface area contributed by atoms with E-state index in [1.165, 1.54) is 32.1 Å². The van der Waals surface area contributed by atoms with E-state index in [0.717, 1.165) is 25.6 Å². The molecular weight excluding hydrogens is 320 g/mol. The summed E-state index contributed by atoms with van der Waals surface area (Å²) in [6.07, 6.45) is 7.20. The van der Waals surface area contributed by atoms with Gasteiger partial charge in [0, 0.05) is 25.6 Å². The van der Waals surface area contributed by atoms with Crippen LogP contribution in [-0.4, -0.2) is 55.7 Å². The topological polar surface area (TPSA) is 81.9 Å². The van der Waals surface area contributed by atoms with Crippen molar-refractivity contribution in [3.05, 3.63) is 0 Å². The number of morpholine rings is 1. The average molecular weight is 357 g/mol. The maximum absolute atomic E-state index is 12.0. The Balaban J connectivity index is 0.000000450. The van der Waals surface area contributed by atoms with Crippen LogP contribution in [0.25, 0.3) is 0 Å². The van der Waals surface area contributed by atoms with Gasteiger partial charge >= 0.3 is 0 Å². The summed E-state index contributed by atoms with van der Waals surface area (Å²) < 4.78 is 11.1. The van der Waals surface area contributed by atoms with E-state index >= 15 is 0 Å². The first-order chi connectivity index (χ1) is 11.9. The Hall–Kier alpha value is -1.14. The number of hydrogen-bond acceptors (Lipinski definition) is 4. The van der Waals surface area contributed by atoms with Crippen LogP contribution in [0.3, 0.4) is 0 Å². The van der Waals surface area contributed by atoms with E-state index in [2.05, 4.69) is 0 Å². The summed E-state index contributed by atoms with van der Waals surface area (Å²) in [7, 11) is 0. The molecule has 1 unspecified atom stereocenters. The molecule has 2 amide bonds. The number of carbonyl (C=O) groups is 2. The lowest BCUT2D eigenvalue weighted by Gasteiger charge is -2.28. The van der Waals surface area contributed by atoms with Gasteiger partial charge in [-0.25, -0.2) is 0 Å². The fourth-order valence-corrected chi connectivity index (χ4v) is 2.90. The molecule has 0 bridgehead atoms. The van der Waals surface area contributed by atoms with Crippen LogP contribution in [0.5, 0.6) is 0 Å². The minimum Gasteiger partial charge on any atom is -0.378 e. The first-order valence-electron chi connectivity index (χ1n) is 9.66. The lowest BCUT2D eigenvalue weighted by atomic mass is 9.90. The molecule has 0 aromatic heterocycles. The van der Waals surface area contributed by atoms with E-state index in [0.29, 0.717) is 19.6 Å². The molecule has 146 valence electrons. The molecular formula is C19H36N2O4. The molecule has 0 radical (unpaired) electrons. The molecule has 1 atom stereocenters. The highest BCUT2D eigenvalue weighted by Gasteiger charge is 2.20. The van der Waals surface area contributed by atoms with Crippen LogP contribution in [0.2, 0.25) is 0 Å². The molecule has 1 saturated carbocycles. The standard InChI is InChI=1S/C15H27NO3.C4H9NO/c1-13(19-12-14-5-3-2-4-6-14)11-15(17)16-7-9-18-10-8-16;1-3(2)4(5)6/h13-14H,2-12H2,1H3;3H,1-2H3,(H2,5,6). The number of carbonyl (C=O) groups excluding carboxylic acids is 2. The highest BCUT2D eigenvalue weighted by Crippen LogP contribution is 2.24. The molecule has 1 aliphatic carbocycles. The largest absolute Gasteiger partial charge is 0.378 e. The van der Waals surface area contributed by atoms with Crippen LogP contribution in [0.15, 0.2) is 0 Å². The third-order valence-corrected chi connectivity index (χ3v) is 4.74. The molecule has 1 saturated heterocycles. The highest BCUT2D eigenvalue weighted by molar-refractivity contribution is 5.76. The lowest BCUT2D eigenvalue weighted by Crippen LogP contribution is -2.41. The Bertz CT molecular complexity index is 389. The van der Waals surface area contributed by atoms with Gasteiger partial charge in [0.1, 0.15) is 0 Å². The van der Waals surface area contributed by atoms with Crippen LogP contribution < -0.4 is 5.73 Å². The number of nitrogens with zero attached hydrogens (tertiary/aromatic N) is 1. The number of ether oxygens (including phenoxy) is 2. The van der Waals surface area contributed by atoms with Gasteiger partial charge in [0.2, 0.25) is 11.8 Å². The fraction of sp³-hybridized carbons (Fsp3) is 0.895. The molecule has 6 nitrogen and oxygen atoms in total. The summed E-state index contributed by atoms with van der Waals surface area (Å²) in [6, 6.07) is 0. The number of amides is 2. The Morgan fingerprint density at radius 3 is 2.20 bits per heavy atom. The number of hydrogen-bond donors (Lipinski definition) is 1. The number of primary amides is 1. The lowest BCUT2D eigenvalue weighted by molar-refractivity contribution is -0.138. The normalized spacial score (nSPS) is 19.9. The third-order valence-electron chi connectivity index (χ3n) is 4.74. The summed E-state index contributed by atoms with van der Waals surface area (Å²) >= 11 is 0. The molecule has 2 rings (SSSR count). The average Bonchev–Trinajstić information content (AvgIpc) is 2.62.